The molecule has 3 heterocycles. The lowest BCUT2D eigenvalue weighted by atomic mass is 10.0. The molecule has 0 spiro atoms. The third kappa shape index (κ3) is 3.97. The summed E-state index contributed by atoms with van der Waals surface area (Å²) in [4.78, 5) is 21.3. The maximum absolute atomic E-state index is 13.3. The average molecular weight is 436 g/mol. The summed E-state index contributed by atoms with van der Waals surface area (Å²) in [5.41, 5.74) is 2.83. The fourth-order valence-electron chi connectivity index (χ4n) is 5.32. The average Bonchev–Trinajstić information content (AvgIpc) is 3.52. The van der Waals surface area contributed by atoms with Crippen LogP contribution >= 0.6 is 0 Å². The summed E-state index contributed by atoms with van der Waals surface area (Å²) in [7, 11) is 0. The number of aryl methyl sites for hydroxylation is 1. The van der Waals surface area contributed by atoms with Crippen LogP contribution in [0.15, 0.2) is 29.1 Å². The second-order valence-electron chi connectivity index (χ2n) is 9.12. The van der Waals surface area contributed by atoms with E-state index in [0.717, 1.165) is 74.3 Å². The second-order valence-corrected chi connectivity index (χ2v) is 9.12. The van der Waals surface area contributed by atoms with Crippen molar-refractivity contribution in [2.75, 3.05) is 32.7 Å². The number of pyridine rings is 1. The maximum Gasteiger partial charge on any atom is 0.253 e. The van der Waals surface area contributed by atoms with E-state index in [4.69, 9.17) is 0 Å². The van der Waals surface area contributed by atoms with Crippen molar-refractivity contribution in [2.45, 2.75) is 58.0 Å². The van der Waals surface area contributed by atoms with Gasteiger partial charge in [-0.3, -0.25) is 9.69 Å². The van der Waals surface area contributed by atoms with Crippen LogP contribution in [0.1, 0.15) is 68.6 Å². The molecule has 0 bridgehead atoms. The van der Waals surface area contributed by atoms with Gasteiger partial charge in [0.2, 0.25) is 0 Å². The van der Waals surface area contributed by atoms with Gasteiger partial charge in [-0.05, 0) is 65.4 Å². The van der Waals surface area contributed by atoms with Gasteiger partial charge in [-0.15, -0.1) is 5.10 Å². The van der Waals surface area contributed by atoms with E-state index >= 15 is 0 Å². The van der Waals surface area contributed by atoms with Gasteiger partial charge in [0.15, 0.2) is 5.82 Å². The zero-order chi connectivity index (χ0) is 22.1. The minimum Gasteiger partial charge on any atom is -0.322 e. The molecule has 1 aliphatic heterocycles. The first-order valence-corrected chi connectivity index (χ1v) is 12.1. The highest BCUT2D eigenvalue weighted by Crippen LogP contribution is 2.34. The van der Waals surface area contributed by atoms with Gasteiger partial charge in [0, 0.05) is 37.3 Å². The van der Waals surface area contributed by atoms with E-state index < -0.39 is 0 Å². The Labute approximate surface area is 188 Å². The number of fused-ring (bicyclic) bond motifs is 1. The number of tetrazole rings is 1. The first-order chi connectivity index (χ1) is 15.7. The molecule has 32 heavy (non-hydrogen) atoms. The molecule has 0 radical (unpaired) electrons. The van der Waals surface area contributed by atoms with Crippen molar-refractivity contribution in [2.24, 2.45) is 0 Å². The van der Waals surface area contributed by atoms with E-state index in [2.05, 4.69) is 62.4 Å². The van der Waals surface area contributed by atoms with E-state index in [9.17, 15) is 4.79 Å². The number of benzene rings is 1. The Bertz CT molecular complexity index is 1120. The molecule has 3 aromatic rings. The summed E-state index contributed by atoms with van der Waals surface area (Å²) in [5.74, 6) is 0.804. The van der Waals surface area contributed by atoms with Crippen molar-refractivity contribution in [3.63, 3.8) is 0 Å². The highest BCUT2D eigenvalue weighted by molar-refractivity contribution is 5.80. The molecule has 1 aromatic carbocycles. The Balaban J connectivity index is 1.61. The molecule has 0 amide bonds. The highest BCUT2D eigenvalue weighted by Gasteiger charge is 2.34. The van der Waals surface area contributed by atoms with Crippen LogP contribution in [0.25, 0.3) is 10.9 Å². The van der Waals surface area contributed by atoms with Crippen molar-refractivity contribution in [3.05, 3.63) is 51.6 Å². The zero-order valence-corrected chi connectivity index (χ0v) is 19.1. The predicted molar refractivity (Wildman–Crippen MR) is 125 cm³/mol. The molecule has 170 valence electrons. The third-order valence-corrected chi connectivity index (χ3v) is 7.29. The molecule has 1 unspecified atom stereocenters. The third-order valence-electron chi connectivity index (χ3n) is 7.29. The fraction of sp³-hybridized carbons (Fsp3) is 0.583. The molecule has 1 saturated carbocycles. The van der Waals surface area contributed by atoms with Crippen LogP contribution in [0.3, 0.4) is 0 Å². The van der Waals surface area contributed by atoms with Crippen molar-refractivity contribution in [1.29, 1.82) is 0 Å². The van der Waals surface area contributed by atoms with Gasteiger partial charge in [-0.25, -0.2) is 4.68 Å². The summed E-state index contributed by atoms with van der Waals surface area (Å²) in [5, 5.41) is 14.0. The number of piperazine rings is 1. The number of hydrogen-bond donors (Lipinski definition) is 1. The molecule has 2 aromatic heterocycles. The lowest BCUT2D eigenvalue weighted by molar-refractivity contribution is 0.107. The van der Waals surface area contributed by atoms with Crippen LogP contribution in [0, 0.1) is 0 Å². The first-order valence-electron chi connectivity index (χ1n) is 12.1. The van der Waals surface area contributed by atoms with Crippen LogP contribution in [-0.4, -0.2) is 67.7 Å². The maximum atomic E-state index is 13.3. The quantitative estimate of drug-likeness (QED) is 0.641. The van der Waals surface area contributed by atoms with E-state index in [-0.39, 0.29) is 11.6 Å². The Morgan fingerprint density at radius 3 is 2.59 bits per heavy atom. The van der Waals surface area contributed by atoms with Gasteiger partial charge in [0.05, 0.1) is 6.04 Å². The van der Waals surface area contributed by atoms with E-state index in [1.165, 1.54) is 18.4 Å². The lowest BCUT2D eigenvalue weighted by Gasteiger charge is -2.38. The Hall–Kier alpha value is -2.58. The minimum atomic E-state index is -0.247. The van der Waals surface area contributed by atoms with Gasteiger partial charge in [-0.2, -0.15) is 0 Å². The molecular weight excluding hydrogens is 402 g/mol. The number of aromatic amines is 1. The van der Waals surface area contributed by atoms with Crippen LogP contribution in [-0.2, 0) is 6.42 Å². The number of nitrogens with one attached hydrogen (secondary N) is 1. The van der Waals surface area contributed by atoms with Crippen LogP contribution in [0.2, 0.25) is 0 Å². The van der Waals surface area contributed by atoms with E-state index in [1.54, 1.807) is 0 Å². The minimum absolute atomic E-state index is 0.0503. The molecule has 1 aliphatic carbocycles. The smallest absolute Gasteiger partial charge is 0.253 e. The summed E-state index contributed by atoms with van der Waals surface area (Å²) in [6.45, 7) is 9.17. The lowest BCUT2D eigenvalue weighted by Crippen LogP contribution is -2.49. The Kier molecular flexibility index (Phi) is 6.06. The van der Waals surface area contributed by atoms with Gasteiger partial charge in [0.25, 0.3) is 5.56 Å². The van der Waals surface area contributed by atoms with E-state index in [0.29, 0.717) is 6.04 Å². The zero-order valence-electron chi connectivity index (χ0n) is 19.1. The van der Waals surface area contributed by atoms with Crippen LogP contribution in [0.5, 0.6) is 0 Å². The topological polar surface area (TPSA) is 82.9 Å². The molecule has 2 fully saturated rings. The van der Waals surface area contributed by atoms with Crippen molar-refractivity contribution in [1.82, 2.24) is 35.0 Å². The van der Waals surface area contributed by atoms with Crippen LogP contribution < -0.4 is 5.56 Å². The Morgan fingerprint density at radius 2 is 1.88 bits per heavy atom. The normalized spacial score (nSPS) is 19.7. The summed E-state index contributed by atoms with van der Waals surface area (Å²) >= 11 is 0. The molecule has 1 saturated heterocycles. The molecule has 1 atom stereocenters. The fourth-order valence-corrected chi connectivity index (χ4v) is 5.32. The molecule has 2 aliphatic rings. The standard InChI is InChI=1S/C24H33N7O/c1-3-17-9-10-21-18(15-17)16-20(24(32)25-21)22(30-13-11-29(4-2)12-14-30)23-26-27-28-31(23)19-7-5-6-8-19/h9-10,15-16,19,22H,3-8,11-14H2,1-2H3,(H,25,32). The SMILES string of the molecule is CCc1ccc2[nH]c(=O)c(C(c3nnnn3C3CCCC3)N3CCN(CC)CC3)cc2c1. The highest BCUT2D eigenvalue weighted by atomic mass is 16.1. The Morgan fingerprint density at radius 1 is 1.09 bits per heavy atom. The van der Waals surface area contributed by atoms with Gasteiger partial charge < -0.3 is 9.88 Å². The van der Waals surface area contributed by atoms with Crippen molar-refractivity contribution in [3.8, 4) is 0 Å². The van der Waals surface area contributed by atoms with Crippen molar-refractivity contribution >= 4 is 10.9 Å². The van der Waals surface area contributed by atoms with Gasteiger partial charge in [-0.1, -0.05) is 32.8 Å². The van der Waals surface area contributed by atoms with Crippen LogP contribution in [0.4, 0.5) is 0 Å². The summed E-state index contributed by atoms with van der Waals surface area (Å²) in [6.07, 6.45) is 5.58. The molecule has 5 rings (SSSR count). The molecule has 8 heteroatoms. The van der Waals surface area contributed by atoms with Gasteiger partial charge >= 0.3 is 0 Å². The predicted octanol–water partition coefficient (Wildman–Crippen LogP) is 2.92. The number of hydrogen-bond acceptors (Lipinski definition) is 6. The van der Waals surface area contributed by atoms with Crippen molar-refractivity contribution < 1.29 is 0 Å². The molecule has 8 nitrogen and oxygen atoms in total. The summed E-state index contributed by atoms with van der Waals surface area (Å²) < 4.78 is 2.01. The van der Waals surface area contributed by atoms with E-state index in [1.807, 2.05) is 10.7 Å². The molecule has 1 N–H and O–H groups in total. The monoisotopic (exact) mass is 435 g/mol. The summed E-state index contributed by atoms with van der Waals surface area (Å²) in [6, 6.07) is 8.42. The molecular formula is C24H33N7O. The first kappa shape index (κ1) is 21.3. The number of H-pyrrole nitrogens is 1. The number of nitrogens with zero attached hydrogens (tertiary/aromatic N) is 6. The largest absolute Gasteiger partial charge is 0.322 e. The number of rotatable bonds is 6. The second kappa shape index (κ2) is 9.11. The number of likely N-dealkylation sites (N-methyl/N-ethyl adjacent to an activating group) is 1. The van der Waals surface area contributed by atoms with Gasteiger partial charge in [0.1, 0.15) is 6.04 Å². The number of aromatic nitrogens is 5.